The smallest absolute Gasteiger partial charge is 0.136 e. The van der Waals surface area contributed by atoms with Crippen molar-refractivity contribution in [2.75, 3.05) is 6.61 Å². The van der Waals surface area contributed by atoms with Gasteiger partial charge in [-0.1, -0.05) is 31.9 Å². The van der Waals surface area contributed by atoms with E-state index < -0.39 is 0 Å². The molecule has 0 atom stereocenters. The molecule has 0 aromatic rings. The number of carbonyl (C=O) groups is 1. The molecule has 1 aliphatic rings. The molecule has 3 heteroatoms. The zero-order valence-corrected chi connectivity index (χ0v) is 13.9. The lowest BCUT2D eigenvalue weighted by molar-refractivity contribution is -0.268. The van der Waals surface area contributed by atoms with E-state index in [1.165, 1.54) is 19.3 Å². The number of unbranched alkanes of at least 4 members (excludes halogenated alkanes) is 3. The van der Waals surface area contributed by atoms with Crippen molar-refractivity contribution in [3.8, 4) is 0 Å². The third-order valence-corrected chi connectivity index (χ3v) is 3.80. The van der Waals surface area contributed by atoms with E-state index in [2.05, 4.69) is 46.8 Å². The van der Waals surface area contributed by atoms with Gasteiger partial charge in [-0.2, -0.15) is 5.06 Å². The summed E-state index contributed by atoms with van der Waals surface area (Å²) in [6.07, 6.45) is 10.4. The van der Waals surface area contributed by atoms with E-state index in [1.807, 2.05) is 5.06 Å². The number of nitrogens with zero attached hydrogens (tertiary/aromatic N) is 1. The van der Waals surface area contributed by atoms with Gasteiger partial charge in [-0.15, -0.1) is 0 Å². The second-order valence-corrected chi connectivity index (χ2v) is 7.07. The van der Waals surface area contributed by atoms with Crippen molar-refractivity contribution in [1.82, 2.24) is 5.06 Å². The van der Waals surface area contributed by atoms with Gasteiger partial charge in [-0.3, -0.25) is 9.63 Å². The van der Waals surface area contributed by atoms with Gasteiger partial charge in [-0.05, 0) is 40.5 Å². The summed E-state index contributed by atoms with van der Waals surface area (Å²) in [4.78, 5) is 17.8. The predicted molar refractivity (Wildman–Crippen MR) is 83.5 cm³/mol. The van der Waals surface area contributed by atoms with Gasteiger partial charge >= 0.3 is 0 Å². The first-order valence-electron chi connectivity index (χ1n) is 7.89. The summed E-state index contributed by atoms with van der Waals surface area (Å²) < 4.78 is 0. The van der Waals surface area contributed by atoms with Gasteiger partial charge in [0.1, 0.15) is 5.78 Å². The van der Waals surface area contributed by atoms with E-state index in [1.54, 1.807) is 0 Å². The van der Waals surface area contributed by atoms with Crippen LogP contribution in [0.25, 0.3) is 0 Å². The minimum atomic E-state index is -0.227. The molecule has 0 aliphatic carbocycles. The molecule has 0 saturated carbocycles. The lowest BCUT2D eigenvalue weighted by atomic mass is 9.81. The molecule has 0 aromatic heterocycles. The van der Waals surface area contributed by atoms with E-state index in [-0.39, 0.29) is 11.1 Å². The Morgan fingerprint density at radius 3 is 2.25 bits per heavy atom. The molecule has 1 aliphatic heterocycles. The van der Waals surface area contributed by atoms with Crippen molar-refractivity contribution in [3.63, 3.8) is 0 Å². The summed E-state index contributed by atoms with van der Waals surface area (Å²) in [5.74, 6) is 0.329. The number of hydrogen-bond acceptors (Lipinski definition) is 3. The molecule has 1 heterocycles. The summed E-state index contributed by atoms with van der Waals surface area (Å²) in [5, 5.41) is 2.03. The lowest BCUT2D eigenvalue weighted by Gasteiger charge is -2.50. The highest BCUT2D eigenvalue weighted by Crippen LogP contribution is 2.36. The first kappa shape index (κ1) is 17.4. The first-order chi connectivity index (χ1) is 9.29. The molecule has 0 bridgehead atoms. The van der Waals surface area contributed by atoms with Crippen LogP contribution in [0, 0.1) is 0 Å². The molecule has 0 amide bonds. The zero-order chi connectivity index (χ0) is 15.2. The number of piperidine rings is 1. The van der Waals surface area contributed by atoms with Crippen molar-refractivity contribution in [2.45, 2.75) is 84.2 Å². The van der Waals surface area contributed by atoms with Crippen LogP contribution < -0.4 is 0 Å². The SMILES string of the molecule is CCCCCC=CCON1C(C)(C)CC(=O)CC1(C)C. The average Bonchev–Trinajstić information content (AvgIpc) is 2.28. The average molecular weight is 281 g/mol. The van der Waals surface area contributed by atoms with Crippen LogP contribution in [0.3, 0.4) is 0 Å². The van der Waals surface area contributed by atoms with Crippen LogP contribution in [0.5, 0.6) is 0 Å². The van der Waals surface area contributed by atoms with Gasteiger partial charge in [0.25, 0.3) is 0 Å². The van der Waals surface area contributed by atoms with Crippen LogP contribution >= 0.6 is 0 Å². The van der Waals surface area contributed by atoms with Crippen LogP contribution in [0.2, 0.25) is 0 Å². The highest BCUT2D eigenvalue weighted by atomic mass is 16.7. The maximum absolute atomic E-state index is 11.8. The van der Waals surface area contributed by atoms with E-state index in [9.17, 15) is 4.79 Å². The Hall–Kier alpha value is -0.670. The quantitative estimate of drug-likeness (QED) is 0.515. The van der Waals surface area contributed by atoms with Crippen molar-refractivity contribution < 1.29 is 9.63 Å². The number of rotatable bonds is 7. The summed E-state index contributed by atoms with van der Waals surface area (Å²) in [5.41, 5.74) is -0.455. The third kappa shape index (κ3) is 5.02. The zero-order valence-electron chi connectivity index (χ0n) is 13.9. The van der Waals surface area contributed by atoms with Crippen LogP contribution in [0.4, 0.5) is 0 Å². The first-order valence-corrected chi connectivity index (χ1v) is 7.89. The largest absolute Gasteiger partial charge is 0.300 e. The van der Waals surface area contributed by atoms with Crippen LogP contribution in [-0.4, -0.2) is 28.5 Å². The minimum Gasteiger partial charge on any atom is -0.300 e. The summed E-state index contributed by atoms with van der Waals surface area (Å²) in [6, 6.07) is 0. The lowest BCUT2D eigenvalue weighted by Crippen LogP contribution is -2.60. The third-order valence-electron chi connectivity index (χ3n) is 3.80. The Bertz CT molecular complexity index is 325. The number of hydroxylamine groups is 2. The topological polar surface area (TPSA) is 29.5 Å². The number of carbonyl (C=O) groups excluding carboxylic acids is 1. The maximum atomic E-state index is 11.8. The van der Waals surface area contributed by atoms with Gasteiger partial charge in [0.05, 0.1) is 6.61 Å². The summed E-state index contributed by atoms with van der Waals surface area (Å²) in [6.45, 7) is 11.1. The predicted octanol–water partition coefficient (Wildman–Crippen LogP) is 4.28. The number of hydrogen-bond donors (Lipinski definition) is 0. The highest BCUT2D eigenvalue weighted by molar-refractivity contribution is 5.81. The second-order valence-electron chi connectivity index (χ2n) is 7.07. The van der Waals surface area contributed by atoms with Gasteiger partial charge in [0.15, 0.2) is 0 Å². The van der Waals surface area contributed by atoms with Crippen molar-refractivity contribution >= 4 is 5.78 Å². The fraction of sp³-hybridized carbons (Fsp3) is 0.824. The van der Waals surface area contributed by atoms with Gasteiger partial charge in [0.2, 0.25) is 0 Å². The molecule has 20 heavy (non-hydrogen) atoms. The molecule has 0 spiro atoms. The number of Topliss-reactive ketones (excluding diaryl/α,β-unsaturated/α-hetero) is 1. The standard InChI is InChI=1S/C17H31NO2/c1-6-7-8-9-10-11-12-20-18-16(2,3)13-15(19)14-17(18,4)5/h10-11H,6-9,12-14H2,1-5H3. The van der Waals surface area contributed by atoms with Crippen LogP contribution in [0.15, 0.2) is 12.2 Å². The molecule has 0 aromatic carbocycles. The minimum absolute atomic E-state index is 0.227. The van der Waals surface area contributed by atoms with Crippen LogP contribution in [0.1, 0.15) is 73.1 Å². The van der Waals surface area contributed by atoms with Gasteiger partial charge < -0.3 is 0 Å². The second kappa shape index (κ2) is 7.37. The van der Waals surface area contributed by atoms with Crippen molar-refractivity contribution in [2.24, 2.45) is 0 Å². The van der Waals surface area contributed by atoms with Crippen molar-refractivity contribution in [1.29, 1.82) is 0 Å². The number of ketones is 1. The fourth-order valence-electron chi connectivity index (χ4n) is 3.16. The van der Waals surface area contributed by atoms with Gasteiger partial charge in [-0.25, -0.2) is 0 Å². The maximum Gasteiger partial charge on any atom is 0.136 e. The summed E-state index contributed by atoms with van der Waals surface area (Å²) in [7, 11) is 0. The van der Waals surface area contributed by atoms with Crippen LogP contribution in [-0.2, 0) is 9.63 Å². The van der Waals surface area contributed by atoms with E-state index in [4.69, 9.17) is 4.84 Å². The molecular weight excluding hydrogens is 250 g/mol. The Balaban J connectivity index is 2.46. The molecule has 116 valence electrons. The normalized spacial score (nSPS) is 22.6. The summed E-state index contributed by atoms with van der Waals surface area (Å²) >= 11 is 0. The number of allylic oxidation sites excluding steroid dienone is 1. The van der Waals surface area contributed by atoms with E-state index >= 15 is 0 Å². The van der Waals surface area contributed by atoms with E-state index in [0.717, 1.165) is 6.42 Å². The van der Waals surface area contributed by atoms with E-state index in [0.29, 0.717) is 25.2 Å². The van der Waals surface area contributed by atoms with Crippen molar-refractivity contribution in [3.05, 3.63) is 12.2 Å². The molecule has 1 fully saturated rings. The monoisotopic (exact) mass is 281 g/mol. The molecule has 0 unspecified atom stereocenters. The molecule has 0 radical (unpaired) electrons. The molecule has 1 saturated heterocycles. The fourth-order valence-corrected chi connectivity index (χ4v) is 3.16. The Morgan fingerprint density at radius 2 is 1.70 bits per heavy atom. The Labute approximate surface area is 124 Å². The highest BCUT2D eigenvalue weighted by Gasteiger charge is 2.45. The Morgan fingerprint density at radius 1 is 1.10 bits per heavy atom. The molecule has 1 rings (SSSR count). The molecule has 0 N–H and O–H groups in total. The van der Waals surface area contributed by atoms with Gasteiger partial charge in [0, 0.05) is 23.9 Å². The Kier molecular flexibility index (Phi) is 6.41. The molecular formula is C17H31NO2. The molecule has 3 nitrogen and oxygen atoms in total.